The van der Waals surface area contributed by atoms with E-state index in [1.807, 2.05) is 25.1 Å². The molecular weight excluding hydrogens is 260 g/mol. The molecule has 0 aromatic carbocycles. The van der Waals surface area contributed by atoms with E-state index in [2.05, 4.69) is 18.4 Å². The smallest absolute Gasteiger partial charge is 0.161 e. The van der Waals surface area contributed by atoms with Crippen molar-refractivity contribution < 1.29 is 4.79 Å². The third kappa shape index (κ3) is 2.61. The van der Waals surface area contributed by atoms with Crippen molar-refractivity contribution in [3.05, 3.63) is 46.2 Å². The summed E-state index contributed by atoms with van der Waals surface area (Å²) < 4.78 is 0. The van der Waals surface area contributed by atoms with Crippen LogP contribution in [0.2, 0.25) is 0 Å². The maximum absolute atomic E-state index is 11.6. The van der Waals surface area contributed by atoms with Gasteiger partial charge in [-0.15, -0.1) is 22.7 Å². The normalized spacial score (nSPS) is 9.67. The third-order valence-corrected chi connectivity index (χ3v) is 4.59. The fourth-order valence-corrected chi connectivity index (χ4v) is 3.66. The van der Waals surface area contributed by atoms with Crippen LogP contribution in [0, 0.1) is 18.8 Å². The number of hydrogen-bond donors (Lipinski definition) is 0. The number of ketones is 1. The molecule has 0 radical (unpaired) electrons. The molecule has 0 aliphatic heterocycles. The minimum absolute atomic E-state index is 0.112. The van der Waals surface area contributed by atoms with Gasteiger partial charge in [-0.25, -0.2) is 0 Å². The summed E-state index contributed by atoms with van der Waals surface area (Å²) in [6.45, 7) is 7.20. The van der Waals surface area contributed by atoms with Gasteiger partial charge in [0.05, 0.1) is 9.75 Å². The van der Waals surface area contributed by atoms with Crippen LogP contribution in [-0.2, 0) is 0 Å². The van der Waals surface area contributed by atoms with Crippen LogP contribution < -0.4 is 0 Å². The van der Waals surface area contributed by atoms with Gasteiger partial charge in [0.25, 0.3) is 0 Å². The molecule has 0 amide bonds. The lowest BCUT2D eigenvalue weighted by Gasteiger charge is -1.95. The molecule has 0 bridgehead atoms. The Bertz CT molecular complexity index is 662. The summed E-state index contributed by atoms with van der Waals surface area (Å²) >= 11 is 3.26. The van der Waals surface area contributed by atoms with Gasteiger partial charge >= 0.3 is 0 Å². The first-order chi connectivity index (χ1) is 8.61. The number of carbonyl (C=O) groups is 1. The molecule has 2 aromatic heterocycles. The highest BCUT2D eigenvalue weighted by molar-refractivity contribution is 7.22. The molecule has 0 fully saturated rings. The standard InChI is InChI=1S/C15H12OS2/c1-4-5-6-12-7-8-14(18-12)15-13(11(3)16)9-10(2)17-15/h4,7-9H,1H2,2-3H3. The summed E-state index contributed by atoms with van der Waals surface area (Å²) in [5.74, 6) is 5.96. The van der Waals surface area contributed by atoms with Crippen LogP contribution in [0.3, 0.4) is 0 Å². The number of aryl methyl sites for hydroxylation is 1. The maximum atomic E-state index is 11.6. The van der Waals surface area contributed by atoms with E-state index in [1.54, 1.807) is 35.7 Å². The molecule has 0 atom stereocenters. The first-order valence-corrected chi connectivity index (χ1v) is 7.09. The van der Waals surface area contributed by atoms with E-state index in [-0.39, 0.29) is 5.78 Å². The fraction of sp³-hybridized carbons (Fsp3) is 0.133. The van der Waals surface area contributed by atoms with Crippen LogP contribution in [0.1, 0.15) is 27.0 Å². The molecule has 90 valence electrons. The zero-order chi connectivity index (χ0) is 13.1. The Hall–Kier alpha value is -1.63. The number of allylic oxidation sites excluding steroid dienone is 1. The van der Waals surface area contributed by atoms with Crippen molar-refractivity contribution in [2.24, 2.45) is 0 Å². The highest BCUT2D eigenvalue weighted by Gasteiger charge is 2.14. The molecule has 2 aromatic rings. The van der Waals surface area contributed by atoms with Crippen molar-refractivity contribution in [3.63, 3.8) is 0 Å². The van der Waals surface area contributed by atoms with Crippen LogP contribution in [0.25, 0.3) is 9.75 Å². The molecule has 3 heteroatoms. The highest BCUT2D eigenvalue weighted by atomic mass is 32.1. The van der Waals surface area contributed by atoms with E-state index < -0.39 is 0 Å². The van der Waals surface area contributed by atoms with Crippen molar-refractivity contribution in [1.29, 1.82) is 0 Å². The van der Waals surface area contributed by atoms with Gasteiger partial charge in [-0.1, -0.05) is 18.4 Å². The molecule has 0 spiro atoms. The van der Waals surface area contributed by atoms with Crippen molar-refractivity contribution in [1.82, 2.24) is 0 Å². The molecule has 0 N–H and O–H groups in total. The van der Waals surface area contributed by atoms with Crippen LogP contribution >= 0.6 is 22.7 Å². The number of Topliss-reactive ketones (excluding diaryl/α,β-unsaturated/α-hetero) is 1. The van der Waals surface area contributed by atoms with Crippen molar-refractivity contribution >= 4 is 28.5 Å². The molecule has 1 nitrogen and oxygen atoms in total. The number of hydrogen-bond acceptors (Lipinski definition) is 3. The van der Waals surface area contributed by atoms with Gasteiger partial charge in [0, 0.05) is 15.3 Å². The topological polar surface area (TPSA) is 17.1 Å². The second kappa shape index (κ2) is 5.34. The molecule has 0 aliphatic rings. The summed E-state index contributed by atoms with van der Waals surface area (Å²) in [7, 11) is 0. The summed E-state index contributed by atoms with van der Waals surface area (Å²) in [5.41, 5.74) is 0.808. The summed E-state index contributed by atoms with van der Waals surface area (Å²) in [6, 6.07) is 5.96. The van der Waals surface area contributed by atoms with Gasteiger partial charge in [0.15, 0.2) is 5.78 Å². The summed E-state index contributed by atoms with van der Waals surface area (Å²) in [5, 5.41) is 0. The van der Waals surface area contributed by atoms with Gasteiger partial charge in [-0.05, 0) is 38.1 Å². The largest absolute Gasteiger partial charge is 0.294 e. The van der Waals surface area contributed by atoms with Gasteiger partial charge in [-0.2, -0.15) is 0 Å². The SMILES string of the molecule is C=CC#Cc1ccc(-c2sc(C)cc2C(C)=O)s1. The molecule has 18 heavy (non-hydrogen) atoms. The van der Waals surface area contributed by atoms with Crippen molar-refractivity contribution in [3.8, 4) is 21.6 Å². The van der Waals surface area contributed by atoms with Crippen LogP contribution in [-0.4, -0.2) is 5.78 Å². The van der Waals surface area contributed by atoms with Gasteiger partial charge in [-0.3, -0.25) is 4.79 Å². The molecule has 0 saturated carbocycles. The highest BCUT2D eigenvalue weighted by Crippen LogP contribution is 2.36. The lowest BCUT2D eigenvalue weighted by Crippen LogP contribution is -1.89. The predicted octanol–water partition coefficient (Wildman–Crippen LogP) is 4.53. The fourth-order valence-electron chi connectivity index (χ4n) is 1.61. The van der Waals surface area contributed by atoms with Gasteiger partial charge < -0.3 is 0 Å². The van der Waals surface area contributed by atoms with Gasteiger partial charge in [0.1, 0.15) is 0 Å². The Morgan fingerprint density at radius 1 is 1.39 bits per heavy atom. The predicted molar refractivity (Wildman–Crippen MR) is 79.4 cm³/mol. The summed E-state index contributed by atoms with van der Waals surface area (Å²) in [4.78, 5) is 15.9. The lowest BCUT2D eigenvalue weighted by molar-refractivity contribution is 0.101. The van der Waals surface area contributed by atoms with Crippen LogP contribution in [0.15, 0.2) is 30.9 Å². The first kappa shape index (κ1) is 12.8. The first-order valence-electron chi connectivity index (χ1n) is 5.46. The number of thiophene rings is 2. The lowest BCUT2D eigenvalue weighted by atomic mass is 10.1. The van der Waals surface area contributed by atoms with E-state index in [0.717, 1.165) is 25.1 Å². The Labute approximate surface area is 115 Å². The molecule has 0 aliphatic carbocycles. The third-order valence-electron chi connectivity index (χ3n) is 2.36. The van der Waals surface area contributed by atoms with Crippen molar-refractivity contribution in [2.75, 3.05) is 0 Å². The molecule has 2 rings (SSSR count). The average molecular weight is 272 g/mol. The van der Waals surface area contributed by atoms with Crippen LogP contribution in [0.4, 0.5) is 0 Å². The quantitative estimate of drug-likeness (QED) is 0.580. The molecular formula is C15H12OS2. The van der Waals surface area contributed by atoms with E-state index >= 15 is 0 Å². The van der Waals surface area contributed by atoms with Crippen LogP contribution in [0.5, 0.6) is 0 Å². The zero-order valence-corrected chi connectivity index (χ0v) is 11.9. The minimum Gasteiger partial charge on any atom is -0.294 e. The van der Waals surface area contributed by atoms with E-state index in [4.69, 9.17) is 0 Å². The summed E-state index contributed by atoms with van der Waals surface area (Å²) in [6.07, 6.45) is 1.58. The Morgan fingerprint density at radius 3 is 2.83 bits per heavy atom. The van der Waals surface area contributed by atoms with Crippen molar-refractivity contribution in [2.45, 2.75) is 13.8 Å². The molecule has 2 heterocycles. The van der Waals surface area contributed by atoms with Gasteiger partial charge in [0.2, 0.25) is 0 Å². The number of rotatable bonds is 2. The maximum Gasteiger partial charge on any atom is 0.161 e. The Kier molecular flexibility index (Phi) is 3.81. The Morgan fingerprint density at radius 2 is 2.17 bits per heavy atom. The van der Waals surface area contributed by atoms with E-state index in [0.29, 0.717) is 0 Å². The second-order valence-electron chi connectivity index (χ2n) is 3.79. The second-order valence-corrected chi connectivity index (χ2v) is 6.13. The minimum atomic E-state index is 0.112. The average Bonchev–Trinajstić information content (AvgIpc) is 2.92. The zero-order valence-electron chi connectivity index (χ0n) is 10.2. The van der Waals surface area contributed by atoms with E-state index in [1.165, 1.54) is 0 Å². The molecule has 0 unspecified atom stereocenters. The number of carbonyl (C=O) groups excluding carboxylic acids is 1. The molecule has 0 saturated heterocycles. The van der Waals surface area contributed by atoms with E-state index in [9.17, 15) is 4.79 Å². The Balaban J connectivity index is 2.45. The monoisotopic (exact) mass is 272 g/mol.